The third-order valence-corrected chi connectivity index (χ3v) is 5.89. The van der Waals surface area contributed by atoms with E-state index < -0.39 is 5.97 Å². The molecule has 1 aromatic carbocycles. The number of carbonyl (C=O) groups is 2. The van der Waals surface area contributed by atoms with Gasteiger partial charge in [0.2, 0.25) is 0 Å². The van der Waals surface area contributed by atoms with E-state index in [9.17, 15) is 14.0 Å². The number of likely N-dealkylation sites (tertiary alicyclic amines) is 1. The van der Waals surface area contributed by atoms with Gasteiger partial charge in [0.25, 0.3) is 0 Å². The summed E-state index contributed by atoms with van der Waals surface area (Å²) in [4.78, 5) is 29.1. The van der Waals surface area contributed by atoms with E-state index in [2.05, 4.69) is 0 Å². The van der Waals surface area contributed by atoms with Gasteiger partial charge in [0.15, 0.2) is 5.82 Å². The molecule has 0 unspecified atom stereocenters. The average Bonchev–Trinajstić information content (AvgIpc) is 2.66. The minimum Gasteiger partial charge on any atom is -0.460 e. The number of piperidine rings is 1. The smallest absolute Gasteiger partial charge is 0.319 e. The summed E-state index contributed by atoms with van der Waals surface area (Å²) < 4.78 is 19.9. The lowest BCUT2D eigenvalue weighted by molar-refractivity contribution is -0.143. The second-order valence-corrected chi connectivity index (χ2v) is 8.28. The standard InChI is InChI=1S/C21H30FN5O3/c1-25(2)21(29)26-8-6-14(7-9-26)16-11-27(12-16)17-5-3-4-15(20(17)22)13-30-19(28)10-18(23)24/h3-5,14,16H,6-13H2,1-2H3,(H3,23,24). The number of esters is 1. The first-order valence-corrected chi connectivity index (χ1v) is 10.2. The first kappa shape index (κ1) is 21.9. The molecule has 1 aromatic rings. The summed E-state index contributed by atoms with van der Waals surface area (Å²) in [5.41, 5.74) is 6.00. The topological polar surface area (TPSA) is 103 Å². The van der Waals surface area contributed by atoms with Crippen LogP contribution in [0.2, 0.25) is 0 Å². The fourth-order valence-electron chi connectivity index (χ4n) is 4.14. The predicted molar refractivity (Wildman–Crippen MR) is 112 cm³/mol. The molecular weight excluding hydrogens is 389 g/mol. The Morgan fingerprint density at radius 2 is 1.90 bits per heavy atom. The van der Waals surface area contributed by atoms with Crippen molar-refractivity contribution in [1.82, 2.24) is 9.80 Å². The molecule has 9 heteroatoms. The Hall–Kier alpha value is -2.84. The van der Waals surface area contributed by atoms with Gasteiger partial charge in [0.05, 0.1) is 5.69 Å². The summed E-state index contributed by atoms with van der Waals surface area (Å²) in [6.07, 6.45) is 1.66. The number of hydrogen-bond acceptors (Lipinski definition) is 5. The maximum Gasteiger partial charge on any atom is 0.319 e. The van der Waals surface area contributed by atoms with Crippen molar-refractivity contribution in [2.45, 2.75) is 25.9 Å². The number of halogens is 1. The third-order valence-electron chi connectivity index (χ3n) is 5.89. The van der Waals surface area contributed by atoms with Gasteiger partial charge in [-0.3, -0.25) is 10.2 Å². The van der Waals surface area contributed by atoms with Crippen LogP contribution in [-0.4, -0.2) is 67.9 Å². The number of hydrogen-bond donors (Lipinski definition) is 2. The molecule has 2 heterocycles. The number of ether oxygens (including phenoxy) is 1. The van der Waals surface area contributed by atoms with Gasteiger partial charge in [0.1, 0.15) is 18.9 Å². The monoisotopic (exact) mass is 419 g/mol. The van der Waals surface area contributed by atoms with E-state index in [-0.39, 0.29) is 30.7 Å². The largest absolute Gasteiger partial charge is 0.460 e. The quantitative estimate of drug-likeness (QED) is 0.417. The normalized spacial score (nSPS) is 17.4. The van der Waals surface area contributed by atoms with Gasteiger partial charge in [-0.1, -0.05) is 12.1 Å². The molecule has 0 bridgehead atoms. The molecule has 2 fully saturated rings. The van der Waals surface area contributed by atoms with E-state index in [1.807, 2.05) is 9.80 Å². The van der Waals surface area contributed by atoms with Gasteiger partial charge < -0.3 is 25.2 Å². The van der Waals surface area contributed by atoms with E-state index in [0.29, 0.717) is 23.1 Å². The van der Waals surface area contributed by atoms with Gasteiger partial charge >= 0.3 is 12.0 Å². The average molecular weight is 420 g/mol. The summed E-state index contributed by atoms with van der Waals surface area (Å²) in [7, 11) is 3.54. The molecule has 3 rings (SSSR count). The van der Waals surface area contributed by atoms with E-state index in [1.54, 1.807) is 37.2 Å². The Kier molecular flexibility index (Phi) is 6.79. The minimum atomic E-state index is -0.643. The molecule has 0 saturated carbocycles. The number of anilines is 1. The first-order chi connectivity index (χ1) is 14.3. The number of amides is 2. The molecule has 0 spiro atoms. The molecule has 30 heavy (non-hydrogen) atoms. The van der Waals surface area contributed by atoms with Crippen molar-refractivity contribution in [3.05, 3.63) is 29.6 Å². The highest BCUT2D eigenvalue weighted by atomic mass is 19.1. The predicted octanol–water partition coefficient (Wildman–Crippen LogP) is 2.02. The van der Waals surface area contributed by atoms with Crippen LogP contribution in [0, 0.1) is 23.1 Å². The molecule has 0 aromatic heterocycles. The maximum atomic E-state index is 14.9. The third kappa shape index (κ3) is 5.01. The number of urea groups is 1. The van der Waals surface area contributed by atoms with Crippen LogP contribution < -0.4 is 10.6 Å². The fraction of sp³-hybridized carbons (Fsp3) is 0.571. The zero-order valence-electron chi connectivity index (χ0n) is 17.6. The summed E-state index contributed by atoms with van der Waals surface area (Å²) in [6, 6.07) is 5.15. The fourth-order valence-corrected chi connectivity index (χ4v) is 4.14. The lowest BCUT2D eigenvalue weighted by Gasteiger charge is -2.47. The van der Waals surface area contributed by atoms with Crippen LogP contribution in [0.3, 0.4) is 0 Å². The SMILES string of the molecule is CN(C)C(=O)N1CCC(C2CN(c3cccc(COC(=O)CC(=N)N)c3F)C2)CC1. The number of nitrogens with one attached hydrogen (secondary N) is 1. The zero-order valence-corrected chi connectivity index (χ0v) is 17.6. The van der Waals surface area contributed by atoms with Gasteiger partial charge in [-0.25, -0.2) is 9.18 Å². The van der Waals surface area contributed by atoms with E-state index in [1.165, 1.54) is 0 Å². The molecule has 3 N–H and O–H groups in total. The Morgan fingerprint density at radius 3 is 2.50 bits per heavy atom. The van der Waals surface area contributed by atoms with Crippen LogP contribution in [-0.2, 0) is 16.1 Å². The van der Waals surface area contributed by atoms with Crippen molar-refractivity contribution in [2.75, 3.05) is 45.2 Å². The molecule has 0 radical (unpaired) electrons. The highest BCUT2D eigenvalue weighted by Crippen LogP contribution is 2.36. The van der Waals surface area contributed by atoms with Crippen molar-refractivity contribution in [1.29, 1.82) is 5.41 Å². The van der Waals surface area contributed by atoms with Crippen LogP contribution in [0.1, 0.15) is 24.8 Å². The molecule has 8 nitrogen and oxygen atoms in total. The molecule has 2 aliphatic heterocycles. The van der Waals surface area contributed by atoms with Crippen molar-refractivity contribution >= 4 is 23.5 Å². The minimum absolute atomic E-state index is 0.0616. The van der Waals surface area contributed by atoms with E-state index >= 15 is 0 Å². The van der Waals surface area contributed by atoms with Crippen molar-refractivity contribution in [3.8, 4) is 0 Å². The molecule has 0 aliphatic carbocycles. The first-order valence-electron chi connectivity index (χ1n) is 10.2. The van der Waals surface area contributed by atoms with Gasteiger partial charge in [-0.2, -0.15) is 0 Å². The van der Waals surface area contributed by atoms with Gasteiger partial charge in [-0.05, 0) is 30.7 Å². The van der Waals surface area contributed by atoms with E-state index in [4.69, 9.17) is 15.9 Å². The van der Waals surface area contributed by atoms with Crippen LogP contribution in [0.25, 0.3) is 0 Å². The summed E-state index contributed by atoms with van der Waals surface area (Å²) in [6.45, 7) is 2.94. The number of nitrogens with two attached hydrogens (primary N) is 1. The van der Waals surface area contributed by atoms with Gasteiger partial charge in [0, 0.05) is 45.8 Å². The Balaban J connectivity index is 1.50. The van der Waals surface area contributed by atoms with E-state index in [0.717, 1.165) is 39.0 Å². The number of benzene rings is 1. The number of nitrogens with zero attached hydrogens (tertiary/aromatic N) is 3. The Morgan fingerprint density at radius 1 is 1.23 bits per heavy atom. The second kappa shape index (κ2) is 9.32. The summed E-state index contributed by atoms with van der Waals surface area (Å²) in [5, 5.41) is 7.10. The van der Waals surface area contributed by atoms with Crippen LogP contribution in [0.4, 0.5) is 14.9 Å². The highest BCUT2D eigenvalue weighted by Gasteiger charge is 2.37. The molecule has 2 saturated heterocycles. The van der Waals surface area contributed by atoms with Crippen LogP contribution in [0.15, 0.2) is 18.2 Å². The van der Waals surface area contributed by atoms with Crippen molar-refractivity contribution < 1.29 is 18.7 Å². The summed E-state index contributed by atoms with van der Waals surface area (Å²) >= 11 is 0. The molecule has 2 aliphatic rings. The lowest BCUT2D eigenvalue weighted by Crippen LogP contribution is -2.53. The van der Waals surface area contributed by atoms with Crippen LogP contribution >= 0.6 is 0 Å². The van der Waals surface area contributed by atoms with Gasteiger partial charge in [-0.15, -0.1) is 0 Å². The molecular formula is C21H30FN5O3. The molecule has 2 amide bonds. The highest BCUT2D eigenvalue weighted by molar-refractivity contribution is 5.94. The Labute approximate surface area is 176 Å². The number of rotatable bonds is 6. The maximum absolute atomic E-state index is 14.9. The number of amidine groups is 1. The van der Waals surface area contributed by atoms with Crippen molar-refractivity contribution in [3.63, 3.8) is 0 Å². The van der Waals surface area contributed by atoms with Crippen molar-refractivity contribution in [2.24, 2.45) is 17.6 Å². The zero-order chi connectivity index (χ0) is 21.8. The molecule has 0 atom stereocenters. The van der Waals surface area contributed by atoms with Crippen LogP contribution in [0.5, 0.6) is 0 Å². The summed E-state index contributed by atoms with van der Waals surface area (Å²) in [5.74, 6) is -0.254. The molecule has 164 valence electrons. The Bertz CT molecular complexity index is 802. The lowest BCUT2D eigenvalue weighted by atomic mass is 9.79. The number of carbonyl (C=O) groups excluding carboxylic acids is 2. The second-order valence-electron chi connectivity index (χ2n) is 8.28.